The second-order valence-electron chi connectivity index (χ2n) is 13.1. The van der Waals surface area contributed by atoms with Gasteiger partial charge in [0, 0.05) is 68.7 Å². The number of H-pyrrole nitrogens is 2. The van der Waals surface area contributed by atoms with Gasteiger partial charge in [0.2, 0.25) is 0 Å². The molecular formula is C35H37F6N11O5. The zero-order chi connectivity index (χ0) is 40.7. The molecule has 0 aliphatic carbocycles. The molecule has 8 rings (SSSR count). The first-order valence-electron chi connectivity index (χ1n) is 17.8. The number of aromatic carboxylic acids is 1. The van der Waals surface area contributed by atoms with E-state index in [1.165, 1.54) is 12.7 Å². The van der Waals surface area contributed by atoms with Crippen LogP contribution in [0, 0.1) is 0 Å². The van der Waals surface area contributed by atoms with Gasteiger partial charge in [-0.25, -0.2) is 24.7 Å². The lowest BCUT2D eigenvalue weighted by atomic mass is 10.0. The molecule has 6 aromatic rings. The summed E-state index contributed by atoms with van der Waals surface area (Å²) in [7, 11) is 0. The van der Waals surface area contributed by atoms with Gasteiger partial charge in [0.25, 0.3) is 0 Å². The van der Waals surface area contributed by atoms with Crippen molar-refractivity contribution in [3.05, 3.63) is 71.2 Å². The molecule has 0 aromatic carbocycles. The van der Waals surface area contributed by atoms with Gasteiger partial charge in [0.15, 0.2) is 17.2 Å². The maximum absolute atomic E-state index is 12.5. The van der Waals surface area contributed by atoms with Crippen LogP contribution in [0.1, 0.15) is 82.1 Å². The molecule has 8 heterocycles. The number of aromatic amines is 2. The predicted octanol–water partition coefficient (Wildman–Crippen LogP) is 6.31. The highest BCUT2D eigenvalue weighted by molar-refractivity contribution is 5.96. The van der Waals surface area contributed by atoms with E-state index in [4.69, 9.17) is 19.9 Å². The number of hydrogen-bond acceptors (Lipinski definition) is 13. The number of nitrogens with two attached hydrogens (primary N) is 1. The van der Waals surface area contributed by atoms with Gasteiger partial charge in [0.1, 0.15) is 47.1 Å². The Morgan fingerprint density at radius 3 is 1.70 bits per heavy atom. The standard InChI is InChI=1S/C18H18F3N5O2.C13H11N5O3.C4H8F3N/c19-18(20,21)6-2-1-3-13(27)15-12-9-26(8-5-14(12)28-25-15)17-11-4-7-22-16(11)23-10-24-17;19-13(20)10-8-5-18(4-2-9(8)21-17-10)12-7-1-3-14-11(7)15-6-16-12;5-4(6,7)2-1-3-8/h4,7,10H,1-3,5-6,8-9H2,(H,22,23,24);1,3,6H,2,4-5H2,(H,19,20)(H,14,15,16);1-3,8H2. The first-order valence-corrected chi connectivity index (χ1v) is 17.8. The number of unbranched alkanes of at least 4 members (excludes halogenated alkanes) is 1. The number of aromatic nitrogens is 8. The quantitative estimate of drug-likeness (QED) is 0.0677. The van der Waals surface area contributed by atoms with E-state index >= 15 is 0 Å². The monoisotopic (exact) mass is 805 g/mol. The molecule has 16 nitrogen and oxygen atoms in total. The number of nitrogens with zero attached hydrogens (tertiary/aromatic N) is 8. The zero-order valence-corrected chi connectivity index (χ0v) is 30.2. The van der Waals surface area contributed by atoms with Crippen LogP contribution < -0.4 is 15.5 Å². The maximum atomic E-state index is 12.5. The van der Waals surface area contributed by atoms with Gasteiger partial charge in [-0.2, -0.15) is 26.3 Å². The van der Waals surface area contributed by atoms with Crippen LogP contribution in [0.4, 0.5) is 38.0 Å². The fourth-order valence-electron chi connectivity index (χ4n) is 6.42. The summed E-state index contributed by atoms with van der Waals surface area (Å²) in [6, 6.07) is 3.80. The highest BCUT2D eigenvalue weighted by Crippen LogP contribution is 2.32. The summed E-state index contributed by atoms with van der Waals surface area (Å²) in [5, 5.41) is 18.5. The van der Waals surface area contributed by atoms with E-state index in [2.05, 4.69) is 40.2 Å². The number of carbonyl (C=O) groups is 2. The number of halogens is 6. The Bertz CT molecular complexity index is 2300. The lowest BCUT2D eigenvalue weighted by Crippen LogP contribution is -2.31. The van der Waals surface area contributed by atoms with Gasteiger partial charge in [0.05, 0.1) is 23.9 Å². The van der Waals surface area contributed by atoms with E-state index in [9.17, 15) is 35.9 Å². The van der Waals surface area contributed by atoms with Crippen molar-refractivity contribution in [1.82, 2.24) is 40.2 Å². The molecule has 0 radical (unpaired) electrons. The van der Waals surface area contributed by atoms with E-state index in [0.29, 0.717) is 61.7 Å². The van der Waals surface area contributed by atoms with Crippen molar-refractivity contribution in [2.45, 2.75) is 76.8 Å². The van der Waals surface area contributed by atoms with Crippen LogP contribution in [0.25, 0.3) is 22.1 Å². The molecule has 304 valence electrons. The number of nitrogens with one attached hydrogen (secondary N) is 2. The van der Waals surface area contributed by atoms with Crippen LogP contribution in [0.15, 0.2) is 46.2 Å². The molecule has 0 bridgehead atoms. The van der Waals surface area contributed by atoms with Crippen LogP contribution in [-0.4, -0.2) is 89.1 Å². The molecule has 5 N–H and O–H groups in total. The number of carbonyl (C=O) groups excluding carboxylic acids is 1. The summed E-state index contributed by atoms with van der Waals surface area (Å²) in [5.74, 6) is 1.46. The second-order valence-corrected chi connectivity index (χ2v) is 13.1. The Hall–Kier alpha value is -6.06. The molecule has 0 amide bonds. The summed E-state index contributed by atoms with van der Waals surface area (Å²) < 4.78 is 80.7. The van der Waals surface area contributed by atoms with E-state index in [1.54, 1.807) is 12.4 Å². The van der Waals surface area contributed by atoms with Gasteiger partial charge in [-0.05, 0) is 37.9 Å². The average Bonchev–Trinajstić information content (AvgIpc) is 4.00. The van der Waals surface area contributed by atoms with Crippen molar-refractivity contribution in [2.24, 2.45) is 5.73 Å². The first kappa shape index (κ1) is 40.6. The minimum Gasteiger partial charge on any atom is -0.476 e. The summed E-state index contributed by atoms with van der Waals surface area (Å²) in [6.45, 7) is 2.27. The highest BCUT2D eigenvalue weighted by Gasteiger charge is 2.31. The topological polar surface area (TPSA) is 222 Å². The molecule has 2 aliphatic heterocycles. The molecule has 0 spiro atoms. The van der Waals surface area contributed by atoms with Crippen LogP contribution >= 0.6 is 0 Å². The van der Waals surface area contributed by atoms with E-state index in [0.717, 1.165) is 33.7 Å². The number of anilines is 2. The summed E-state index contributed by atoms with van der Waals surface area (Å²) >= 11 is 0. The Kier molecular flexibility index (Phi) is 12.4. The Morgan fingerprint density at radius 2 is 1.23 bits per heavy atom. The van der Waals surface area contributed by atoms with Gasteiger partial charge in [-0.15, -0.1) is 0 Å². The number of hydrogen-bond donors (Lipinski definition) is 4. The SMILES string of the molecule is NCCCC(F)(F)F.O=C(CCCCC(F)(F)F)c1noc2c1CN(c1ncnc3[nH]ccc13)CC2.O=C(O)c1noc2c1CN(c1ncnc3[nH]ccc13)CC2. The molecule has 2 aliphatic rings. The smallest absolute Gasteiger partial charge is 0.389 e. The van der Waals surface area contributed by atoms with E-state index < -0.39 is 31.2 Å². The molecule has 0 unspecified atom stereocenters. The molecule has 0 atom stereocenters. The highest BCUT2D eigenvalue weighted by atomic mass is 19.4. The second kappa shape index (κ2) is 17.4. The molecule has 6 aromatic heterocycles. The van der Waals surface area contributed by atoms with Crippen molar-refractivity contribution >= 4 is 45.5 Å². The third-order valence-corrected chi connectivity index (χ3v) is 9.16. The Morgan fingerprint density at radius 1 is 0.737 bits per heavy atom. The number of Topliss-reactive ketones (excluding diaryl/α,β-unsaturated/α-hetero) is 1. The maximum Gasteiger partial charge on any atom is 0.389 e. The van der Waals surface area contributed by atoms with Crippen molar-refractivity contribution in [3.63, 3.8) is 0 Å². The fraction of sp³-hybridized carbons (Fsp3) is 0.429. The Labute approximate surface area is 318 Å². The number of rotatable bonds is 10. The minimum atomic E-state index is -4.20. The first-order chi connectivity index (χ1) is 27.2. The molecule has 0 saturated heterocycles. The van der Waals surface area contributed by atoms with Crippen LogP contribution in [0.5, 0.6) is 0 Å². The number of fused-ring (bicyclic) bond motifs is 4. The summed E-state index contributed by atoms with van der Waals surface area (Å²) in [4.78, 5) is 50.8. The summed E-state index contributed by atoms with van der Waals surface area (Å²) in [5.41, 5.74) is 7.82. The number of carboxylic acids is 1. The largest absolute Gasteiger partial charge is 0.476 e. The van der Waals surface area contributed by atoms with Gasteiger partial charge < -0.3 is 39.7 Å². The lowest BCUT2D eigenvalue weighted by molar-refractivity contribution is -0.136. The molecule has 0 fully saturated rings. The van der Waals surface area contributed by atoms with Gasteiger partial charge in [-0.3, -0.25) is 4.79 Å². The van der Waals surface area contributed by atoms with Crippen LogP contribution in [0.3, 0.4) is 0 Å². The fourth-order valence-corrected chi connectivity index (χ4v) is 6.42. The zero-order valence-electron chi connectivity index (χ0n) is 30.2. The van der Waals surface area contributed by atoms with Gasteiger partial charge >= 0.3 is 18.3 Å². The van der Waals surface area contributed by atoms with Crippen molar-refractivity contribution in [1.29, 1.82) is 0 Å². The lowest BCUT2D eigenvalue weighted by Gasteiger charge is -2.27. The van der Waals surface area contributed by atoms with Gasteiger partial charge in [-0.1, -0.05) is 10.3 Å². The summed E-state index contributed by atoms with van der Waals surface area (Å²) in [6.07, 6.45) is -1.99. The van der Waals surface area contributed by atoms with Crippen LogP contribution in [0.2, 0.25) is 0 Å². The van der Waals surface area contributed by atoms with Crippen LogP contribution in [-0.2, 0) is 25.9 Å². The van der Waals surface area contributed by atoms with Crippen molar-refractivity contribution in [3.8, 4) is 0 Å². The van der Waals surface area contributed by atoms with E-state index in [-0.39, 0.29) is 49.4 Å². The predicted molar refractivity (Wildman–Crippen MR) is 190 cm³/mol. The Balaban J connectivity index is 0.000000166. The molecule has 22 heteroatoms. The van der Waals surface area contributed by atoms with E-state index in [1.807, 2.05) is 21.9 Å². The van der Waals surface area contributed by atoms with Crippen molar-refractivity contribution < 1.29 is 50.1 Å². The number of ketones is 1. The third kappa shape index (κ3) is 10.0. The average molecular weight is 806 g/mol. The number of carboxylic acid groups (broad SMARTS) is 1. The molecule has 57 heavy (non-hydrogen) atoms. The minimum absolute atomic E-state index is 0.0185. The van der Waals surface area contributed by atoms with Crippen molar-refractivity contribution in [2.75, 3.05) is 29.4 Å². The molecular weight excluding hydrogens is 768 g/mol. The normalized spacial score (nSPS) is 14.1. The number of alkyl halides is 6. The molecule has 0 saturated carbocycles. The third-order valence-electron chi connectivity index (χ3n) is 9.16.